The van der Waals surface area contributed by atoms with Crippen molar-refractivity contribution in [3.8, 4) is 0 Å². The summed E-state index contributed by atoms with van der Waals surface area (Å²) in [4.78, 5) is 27.4. The van der Waals surface area contributed by atoms with E-state index < -0.39 is 12.1 Å². The average molecular weight is 344 g/mol. The molecule has 1 unspecified atom stereocenters. The van der Waals surface area contributed by atoms with Crippen LogP contribution in [0.25, 0.3) is 0 Å². The van der Waals surface area contributed by atoms with Crippen LogP contribution in [-0.4, -0.2) is 47.1 Å². The van der Waals surface area contributed by atoms with Crippen molar-refractivity contribution in [1.29, 1.82) is 0 Å². The molecule has 3 rings (SSSR count). The van der Waals surface area contributed by atoms with Crippen LogP contribution in [0.3, 0.4) is 0 Å². The van der Waals surface area contributed by atoms with E-state index in [1.807, 2.05) is 41.8 Å². The molecule has 0 saturated carbocycles. The van der Waals surface area contributed by atoms with E-state index in [2.05, 4.69) is 5.32 Å². The van der Waals surface area contributed by atoms with Crippen molar-refractivity contribution in [2.24, 2.45) is 0 Å². The second-order valence-electron chi connectivity index (χ2n) is 5.92. The maximum atomic E-state index is 12.8. The van der Waals surface area contributed by atoms with Gasteiger partial charge in [0.05, 0.1) is 11.0 Å². The number of carbonyl (C=O) groups is 2. The van der Waals surface area contributed by atoms with Crippen molar-refractivity contribution in [1.82, 2.24) is 10.2 Å². The molecule has 0 bridgehead atoms. The molecule has 2 N–H and O–H groups in total. The lowest BCUT2D eigenvalue weighted by atomic mass is 10.0. The molecule has 6 heteroatoms. The van der Waals surface area contributed by atoms with E-state index in [1.165, 1.54) is 11.3 Å². The number of benzene rings is 1. The second kappa shape index (κ2) is 7.59. The predicted octanol–water partition coefficient (Wildman–Crippen LogP) is 1.68. The summed E-state index contributed by atoms with van der Waals surface area (Å²) in [5.74, 6) is -0.376. The number of β-amino-alcohol motifs (C(OH)–C–C–N with tert-alkyl or cyclic N) is 1. The number of amides is 2. The van der Waals surface area contributed by atoms with Gasteiger partial charge in [-0.15, -0.1) is 11.3 Å². The van der Waals surface area contributed by atoms with Gasteiger partial charge in [0.15, 0.2) is 0 Å². The molecule has 1 saturated heterocycles. The van der Waals surface area contributed by atoms with Gasteiger partial charge in [0, 0.05) is 19.5 Å². The standard InChI is InChI=1S/C18H20N2O3S/c21-14-8-9-20(12-14)18(23)15(11-13-5-2-1-3-6-13)19-17(22)16-7-4-10-24-16/h1-7,10,14-15,21H,8-9,11-12H2,(H,19,22)/t14-,15?/m1/s1. The molecular weight excluding hydrogens is 324 g/mol. The van der Waals surface area contributed by atoms with Gasteiger partial charge in [-0.3, -0.25) is 9.59 Å². The average Bonchev–Trinajstić information content (AvgIpc) is 3.26. The van der Waals surface area contributed by atoms with E-state index in [0.29, 0.717) is 30.8 Å². The van der Waals surface area contributed by atoms with E-state index >= 15 is 0 Å². The van der Waals surface area contributed by atoms with Crippen molar-refractivity contribution in [2.75, 3.05) is 13.1 Å². The molecule has 2 atom stereocenters. The van der Waals surface area contributed by atoms with Gasteiger partial charge in [-0.1, -0.05) is 36.4 Å². The molecule has 2 heterocycles. The summed E-state index contributed by atoms with van der Waals surface area (Å²) >= 11 is 1.35. The molecule has 5 nitrogen and oxygen atoms in total. The number of hydrogen-bond donors (Lipinski definition) is 2. The van der Waals surface area contributed by atoms with Gasteiger partial charge in [-0.25, -0.2) is 0 Å². The van der Waals surface area contributed by atoms with Crippen LogP contribution in [0.2, 0.25) is 0 Å². The zero-order valence-electron chi connectivity index (χ0n) is 13.2. The lowest BCUT2D eigenvalue weighted by molar-refractivity contribution is -0.132. The number of aliphatic hydroxyl groups excluding tert-OH is 1. The zero-order valence-corrected chi connectivity index (χ0v) is 14.0. The van der Waals surface area contributed by atoms with E-state index in [0.717, 1.165) is 5.56 Å². The summed E-state index contributed by atoms with van der Waals surface area (Å²) in [5, 5.41) is 14.4. The summed E-state index contributed by atoms with van der Waals surface area (Å²) in [6, 6.07) is 12.5. The summed E-state index contributed by atoms with van der Waals surface area (Å²) < 4.78 is 0. The summed E-state index contributed by atoms with van der Waals surface area (Å²) in [7, 11) is 0. The highest BCUT2D eigenvalue weighted by molar-refractivity contribution is 7.12. The van der Waals surface area contributed by atoms with Gasteiger partial charge in [0.1, 0.15) is 6.04 Å². The third-order valence-electron chi connectivity index (χ3n) is 4.11. The molecule has 1 aliphatic heterocycles. The topological polar surface area (TPSA) is 69.6 Å². The lowest BCUT2D eigenvalue weighted by Gasteiger charge is -2.24. The Bertz CT molecular complexity index is 688. The van der Waals surface area contributed by atoms with E-state index in [-0.39, 0.29) is 11.8 Å². The minimum Gasteiger partial charge on any atom is -0.391 e. The van der Waals surface area contributed by atoms with Crippen LogP contribution < -0.4 is 5.32 Å². The van der Waals surface area contributed by atoms with Crippen LogP contribution >= 0.6 is 11.3 Å². The number of thiophene rings is 1. The van der Waals surface area contributed by atoms with Gasteiger partial charge in [-0.2, -0.15) is 0 Å². The molecule has 1 fully saturated rings. The Morgan fingerprint density at radius 2 is 2.04 bits per heavy atom. The monoisotopic (exact) mass is 344 g/mol. The van der Waals surface area contributed by atoms with Crippen molar-refractivity contribution < 1.29 is 14.7 Å². The number of rotatable bonds is 5. The first-order valence-electron chi connectivity index (χ1n) is 7.98. The fourth-order valence-electron chi connectivity index (χ4n) is 2.85. The number of hydrogen-bond acceptors (Lipinski definition) is 4. The smallest absolute Gasteiger partial charge is 0.262 e. The van der Waals surface area contributed by atoms with Crippen molar-refractivity contribution in [3.63, 3.8) is 0 Å². The number of nitrogens with one attached hydrogen (secondary N) is 1. The van der Waals surface area contributed by atoms with Crippen LogP contribution in [-0.2, 0) is 11.2 Å². The number of nitrogens with zero attached hydrogens (tertiary/aromatic N) is 1. The molecule has 1 aliphatic rings. The molecule has 2 amide bonds. The SMILES string of the molecule is O=C(NC(Cc1ccccc1)C(=O)N1CC[C@@H](O)C1)c1cccs1. The van der Waals surface area contributed by atoms with Crippen LogP contribution in [0.4, 0.5) is 0 Å². The maximum Gasteiger partial charge on any atom is 0.262 e. The third kappa shape index (κ3) is 4.01. The Balaban J connectivity index is 1.75. The molecule has 2 aromatic rings. The van der Waals surface area contributed by atoms with Crippen molar-refractivity contribution in [3.05, 3.63) is 58.3 Å². The van der Waals surface area contributed by atoms with Gasteiger partial charge >= 0.3 is 0 Å². The minimum atomic E-state index is -0.632. The van der Waals surface area contributed by atoms with Crippen molar-refractivity contribution >= 4 is 23.2 Å². The third-order valence-corrected chi connectivity index (χ3v) is 4.97. The fraction of sp³-hybridized carbons (Fsp3) is 0.333. The minimum absolute atomic E-state index is 0.139. The molecule has 24 heavy (non-hydrogen) atoms. The Kier molecular flexibility index (Phi) is 5.27. The number of likely N-dealkylation sites (tertiary alicyclic amines) is 1. The Hall–Kier alpha value is -2.18. The van der Waals surface area contributed by atoms with E-state index in [1.54, 1.807) is 11.0 Å². The molecule has 1 aromatic heterocycles. The molecule has 126 valence electrons. The molecular formula is C18H20N2O3S. The first-order valence-corrected chi connectivity index (χ1v) is 8.86. The largest absolute Gasteiger partial charge is 0.391 e. The van der Waals surface area contributed by atoms with Gasteiger partial charge < -0.3 is 15.3 Å². The van der Waals surface area contributed by atoms with Gasteiger partial charge in [0.25, 0.3) is 5.91 Å². The van der Waals surface area contributed by atoms with Crippen LogP contribution in [0, 0.1) is 0 Å². The normalized spacial score (nSPS) is 18.4. The fourth-order valence-corrected chi connectivity index (χ4v) is 3.48. The molecule has 0 aliphatic carbocycles. The van der Waals surface area contributed by atoms with E-state index in [4.69, 9.17) is 0 Å². The highest BCUT2D eigenvalue weighted by Crippen LogP contribution is 2.14. The highest BCUT2D eigenvalue weighted by Gasteiger charge is 2.31. The van der Waals surface area contributed by atoms with Crippen molar-refractivity contribution in [2.45, 2.75) is 25.0 Å². The Morgan fingerprint density at radius 3 is 2.67 bits per heavy atom. The van der Waals surface area contributed by atoms with Crippen LogP contribution in [0.15, 0.2) is 47.8 Å². The predicted molar refractivity (Wildman–Crippen MR) is 92.9 cm³/mol. The first kappa shape index (κ1) is 16.7. The molecule has 0 spiro atoms. The summed E-state index contributed by atoms with van der Waals surface area (Å²) in [6.07, 6.45) is 0.547. The number of aliphatic hydroxyl groups is 1. The summed E-state index contributed by atoms with van der Waals surface area (Å²) in [6.45, 7) is 0.860. The second-order valence-corrected chi connectivity index (χ2v) is 6.87. The zero-order chi connectivity index (χ0) is 16.9. The summed E-state index contributed by atoms with van der Waals surface area (Å²) in [5.41, 5.74) is 0.988. The highest BCUT2D eigenvalue weighted by atomic mass is 32.1. The quantitative estimate of drug-likeness (QED) is 0.867. The molecule has 0 radical (unpaired) electrons. The van der Waals surface area contributed by atoms with Crippen LogP contribution in [0.5, 0.6) is 0 Å². The van der Waals surface area contributed by atoms with Crippen LogP contribution in [0.1, 0.15) is 21.7 Å². The lowest BCUT2D eigenvalue weighted by Crippen LogP contribution is -2.49. The Labute approximate surface area is 144 Å². The first-order chi connectivity index (χ1) is 11.6. The number of carbonyl (C=O) groups excluding carboxylic acids is 2. The van der Waals surface area contributed by atoms with Gasteiger partial charge in [-0.05, 0) is 23.4 Å². The molecule has 1 aromatic carbocycles. The van der Waals surface area contributed by atoms with E-state index in [9.17, 15) is 14.7 Å². The van der Waals surface area contributed by atoms with Gasteiger partial charge in [0.2, 0.25) is 5.91 Å². The Morgan fingerprint density at radius 1 is 1.25 bits per heavy atom. The maximum absolute atomic E-state index is 12.8.